The Kier molecular flexibility index (Phi) is 4.63. The Morgan fingerprint density at radius 1 is 1.10 bits per heavy atom. The first kappa shape index (κ1) is 15.1. The van der Waals surface area contributed by atoms with Gasteiger partial charge in [0.05, 0.1) is 7.11 Å². The topological polar surface area (TPSA) is 35.5 Å². The molecular formula is C18H20O3. The van der Waals surface area contributed by atoms with Crippen molar-refractivity contribution in [2.24, 2.45) is 0 Å². The molecule has 21 heavy (non-hydrogen) atoms. The number of methoxy groups -OCH3 is 1. The Morgan fingerprint density at radius 3 is 2.33 bits per heavy atom. The molecular weight excluding hydrogens is 264 g/mol. The summed E-state index contributed by atoms with van der Waals surface area (Å²) in [7, 11) is 1.62. The lowest BCUT2D eigenvalue weighted by molar-refractivity contribution is 0.101. The van der Waals surface area contributed by atoms with E-state index < -0.39 is 0 Å². The average molecular weight is 284 g/mol. The fourth-order valence-electron chi connectivity index (χ4n) is 2.29. The number of carbonyl (C=O) groups excluding carboxylic acids is 1. The summed E-state index contributed by atoms with van der Waals surface area (Å²) in [6, 6.07) is 11.4. The molecule has 0 fully saturated rings. The number of ketones is 1. The number of hydrogen-bond donors (Lipinski definition) is 0. The van der Waals surface area contributed by atoms with Crippen molar-refractivity contribution >= 4 is 5.78 Å². The normalized spacial score (nSPS) is 10.3. The molecule has 3 nitrogen and oxygen atoms in total. The van der Waals surface area contributed by atoms with Crippen LogP contribution in [0.15, 0.2) is 36.4 Å². The Bertz CT molecular complexity index is 639. The van der Waals surface area contributed by atoms with Gasteiger partial charge in [-0.3, -0.25) is 4.79 Å². The van der Waals surface area contributed by atoms with Crippen LogP contribution in [0.25, 0.3) is 0 Å². The molecule has 0 radical (unpaired) electrons. The number of Topliss-reactive ketones (excluding diaryl/α,β-unsaturated/α-hetero) is 1. The van der Waals surface area contributed by atoms with Gasteiger partial charge in [0.25, 0.3) is 0 Å². The zero-order chi connectivity index (χ0) is 15.4. The van der Waals surface area contributed by atoms with E-state index in [2.05, 4.69) is 0 Å². The van der Waals surface area contributed by atoms with Gasteiger partial charge >= 0.3 is 0 Å². The van der Waals surface area contributed by atoms with Gasteiger partial charge in [-0.25, -0.2) is 0 Å². The van der Waals surface area contributed by atoms with Gasteiger partial charge < -0.3 is 9.47 Å². The zero-order valence-electron chi connectivity index (χ0n) is 12.9. The summed E-state index contributed by atoms with van der Waals surface area (Å²) in [4.78, 5) is 11.5. The van der Waals surface area contributed by atoms with Crippen molar-refractivity contribution in [2.75, 3.05) is 7.11 Å². The Labute approximate surface area is 125 Å². The molecule has 3 heteroatoms. The van der Waals surface area contributed by atoms with E-state index in [-0.39, 0.29) is 5.78 Å². The molecule has 0 saturated heterocycles. The van der Waals surface area contributed by atoms with Crippen molar-refractivity contribution in [2.45, 2.75) is 27.4 Å². The molecule has 0 aliphatic rings. The average Bonchev–Trinajstić information content (AvgIpc) is 2.46. The summed E-state index contributed by atoms with van der Waals surface area (Å²) in [5.74, 6) is 1.64. The first-order chi connectivity index (χ1) is 10.0. The maximum absolute atomic E-state index is 11.5. The predicted octanol–water partition coefficient (Wildman–Crippen LogP) is 4.09. The lowest BCUT2D eigenvalue weighted by Crippen LogP contribution is -2.03. The van der Waals surface area contributed by atoms with Gasteiger partial charge in [-0.1, -0.05) is 18.2 Å². The Balaban J connectivity index is 2.26. The summed E-state index contributed by atoms with van der Waals surface area (Å²) in [5.41, 5.74) is 3.72. The standard InChI is InChI=1S/C18H20O3/c1-12-6-5-7-13(2)18(12)21-11-16-10-15(14(3)19)8-9-17(16)20-4/h5-10H,11H2,1-4H3. The minimum absolute atomic E-state index is 0.0333. The fourth-order valence-corrected chi connectivity index (χ4v) is 2.29. The summed E-state index contributed by atoms with van der Waals surface area (Å²) < 4.78 is 11.3. The molecule has 2 aromatic rings. The molecule has 0 aromatic heterocycles. The van der Waals surface area contributed by atoms with Crippen LogP contribution < -0.4 is 9.47 Å². The number of para-hydroxylation sites is 1. The van der Waals surface area contributed by atoms with E-state index in [0.29, 0.717) is 12.2 Å². The van der Waals surface area contributed by atoms with Crippen LogP contribution in [0.4, 0.5) is 0 Å². The highest BCUT2D eigenvalue weighted by molar-refractivity contribution is 5.94. The molecule has 0 spiro atoms. The molecule has 0 bridgehead atoms. The molecule has 110 valence electrons. The van der Waals surface area contributed by atoms with Crippen molar-refractivity contribution < 1.29 is 14.3 Å². The van der Waals surface area contributed by atoms with Crippen molar-refractivity contribution in [1.29, 1.82) is 0 Å². The fraction of sp³-hybridized carbons (Fsp3) is 0.278. The third-order valence-corrected chi connectivity index (χ3v) is 3.47. The van der Waals surface area contributed by atoms with Crippen LogP contribution in [-0.4, -0.2) is 12.9 Å². The van der Waals surface area contributed by atoms with Crippen LogP contribution in [0.5, 0.6) is 11.5 Å². The summed E-state index contributed by atoms with van der Waals surface area (Å²) in [6.45, 7) is 5.96. The quantitative estimate of drug-likeness (QED) is 0.776. The van der Waals surface area contributed by atoms with Crippen molar-refractivity contribution in [3.05, 3.63) is 58.7 Å². The summed E-state index contributed by atoms with van der Waals surface area (Å²) in [6.07, 6.45) is 0. The Hall–Kier alpha value is -2.29. The highest BCUT2D eigenvalue weighted by Gasteiger charge is 2.10. The van der Waals surface area contributed by atoms with Gasteiger partial charge in [0.1, 0.15) is 18.1 Å². The van der Waals surface area contributed by atoms with Gasteiger partial charge in [-0.05, 0) is 50.1 Å². The molecule has 0 N–H and O–H groups in total. The SMILES string of the molecule is COc1ccc(C(C)=O)cc1COc1c(C)cccc1C. The van der Waals surface area contributed by atoms with E-state index in [9.17, 15) is 4.79 Å². The van der Waals surface area contributed by atoms with Crippen LogP contribution in [0.3, 0.4) is 0 Å². The third-order valence-electron chi connectivity index (χ3n) is 3.47. The predicted molar refractivity (Wildman–Crippen MR) is 83.2 cm³/mol. The van der Waals surface area contributed by atoms with Crippen molar-refractivity contribution in [3.63, 3.8) is 0 Å². The van der Waals surface area contributed by atoms with Crippen molar-refractivity contribution in [3.8, 4) is 11.5 Å². The van der Waals surface area contributed by atoms with Crippen LogP contribution in [0.1, 0.15) is 34.0 Å². The van der Waals surface area contributed by atoms with E-state index in [1.54, 1.807) is 26.2 Å². The monoisotopic (exact) mass is 284 g/mol. The van der Waals surface area contributed by atoms with Crippen LogP contribution in [-0.2, 0) is 6.61 Å². The molecule has 0 aliphatic heterocycles. The van der Waals surface area contributed by atoms with E-state index in [1.165, 1.54) is 0 Å². The molecule has 2 rings (SSSR count). The summed E-state index contributed by atoms with van der Waals surface area (Å²) in [5, 5.41) is 0. The van der Waals surface area contributed by atoms with Crippen LogP contribution >= 0.6 is 0 Å². The number of rotatable bonds is 5. The second-order valence-electron chi connectivity index (χ2n) is 5.09. The summed E-state index contributed by atoms with van der Waals surface area (Å²) >= 11 is 0. The smallest absolute Gasteiger partial charge is 0.159 e. The van der Waals surface area contributed by atoms with E-state index in [4.69, 9.17) is 9.47 Å². The van der Waals surface area contributed by atoms with E-state index in [1.807, 2.05) is 38.1 Å². The van der Waals surface area contributed by atoms with Crippen LogP contribution in [0, 0.1) is 13.8 Å². The van der Waals surface area contributed by atoms with Gasteiger partial charge in [-0.15, -0.1) is 0 Å². The number of carbonyl (C=O) groups is 1. The molecule has 0 unspecified atom stereocenters. The minimum Gasteiger partial charge on any atom is -0.496 e. The molecule has 0 atom stereocenters. The number of aryl methyl sites for hydroxylation is 2. The second kappa shape index (κ2) is 6.44. The number of hydrogen-bond acceptors (Lipinski definition) is 3. The Morgan fingerprint density at radius 2 is 1.76 bits per heavy atom. The first-order valence-corrected chi connectivity index (χ1v) is 6.89. The highest BCUT2D eigenvalue weighted by Crippen LogP contribution is 2.26. The van der Waals surface area contributed by atoms with Gasteiger partial charge in [0.2, 0.25) is 0 Å². The minimum atomic E-state index is 0.0333. The molecule has 0 heterocycles. The maximum atomic E-state index is 11.5. The molecule has 0 aliphatic carbocycles. The highest BCUT2D eigenvalue weighted by atomic mass is 16.5. The maximum Gasteiger partial charge on any atom is 0.159 e. The lowest BCUT2D eigenvalue weighted by Gasteiger charge is -2.14. The van der Waals surface area contributed by atoms with Gasteiger partial charge in [-0.2, -0.15) is 0 Å². The molecule has 0 amide bonds. The van der Waals surface area contributed by atoms with Gasteiger partial charge in [0.15, 0.2) is 5.78 Å². The number of ether oxygens (including phenoxy) is 2. The zero-order valence-corrected chi connectivity index (χ0v) is 12.9. The van der Waals surface area contributed by atoms with E-state index in [0.717, 1.165) is 28.2 Å². The number of benzene rings is 2. The van der Waals surface area contributed by atoms with Gasteiger partial charge in [0, 0.05) is 11.1 Å². The largest absolute Gasteiger partial charge is 0.496 e. The van der Waals surface area contributed by atoms with Crippen molar-refractivity contribution in [1.82, 2.24) is 0 Å². The van der Waals surface area contributed by atoms with E-state index >= 15 is 0 Å². The first-order valence-electron chi connectivity index (χ1n) is 6.89. The molecule has 0 saturated carbocycles. The van der Waals surface area contributed by atoms with Crippen LogP contribution in [0.2, 0.25) is 0 Å². The lowest BCUT2D eigenvalue weighted by atomic mass is 10.1. The third kappa shape index (κ3) is 3.43. The molecule has 2 aromatic carbocycles. The second-order valence-corrected chi connectivity index (χ2v) is 5.09.